The number of hydrogen-bond acceptors (Lipinski definition) is 2. The lowest BCUT2D eigenvalue weighted by Crippen LogP contribution is -2.29. The number of nitrogens with two attached hydrogens (primary N) is 1. The maximum Gasteiger partial charge on any atom is 0.0418 e. The van der Waals surface area contributed by atoms with Crippen LogP contribution in [-0.2, 0) is 12.2 Å². The lowest BCUT2D eigenvalue weighted by molar-refractivity contribution is 0.586. The van der Waals surface area contributed by atoms with Gasteiger partial charge in [-0.3, -0.25) is 0 Å². The molecule has 2 unspecified atom stereocenters. The van der Waals surface area contributed by atoms with Crippen molar-refractivity contribution in [3.05, 3.63) is 70.3 Å². The van der Waals surface area contributed by atoms with E-state index in [0.29, 0.717) is 5.25 Å². The summed E-state index contributed by atoms with van der Waals surface area (Å²) >= 11 is 2.01. The summed E-state index contributed by atoms with van der Waals surface area (Å²) in [5, 5.41) is 0.528. The van der Waals surface area contributed by atoms with E-state index in [-0.39, 0.29) is 6.04 Å². The van der Waals surface area contributed by atoms with Crippen molar-refractivity contribution in [3.63, 3.8) is 0 Å². The lowest BCUT2D eigenvalue weighted by Gasteiger charge is -2.30. The molecule has 2 heteroatoms. The first-order valence-electron chi connectivity index (χ1n) is 7.65. The van der Waals surface area contributed by atoms with Crippen molar-refractivity contribution in [2.45, 2.75) is 43.7 Å². The largest absolute Gasteiger partial charge is 0.323 e. The molecular weight excluding hydrogens is 274 g/mol. The Hall–Kier alpha value is -1.25. The fraction of sp³-hybridized carbons (Fsp3) is 0.368. The highest BCUT2D eigenvalue weighted by Crippen LogP contribution is 2.36. The molecule has 0 radical (unpaired) electrons. The lowest BCUT2D eigenvalue weighted by atomic mass is 9.88. The van der Waals surface area contributed by atoms with Crippen LogP contribution in [0.1, 0.15) is 40.3 Å². The van der Waals surface area contributed by atoms with Gasteiger partial charge in [-0.25, -0.2) is 0 Å². The maximum absolute atomic E-state index is 6.49. The minimum atomic E-state index is 0.172. The highest BCUT2D eigenvalue weighted by atomic mass is 32.2. The Morgan fingerprint density at radius 3 is 2.57 bits per heavy atom. The van der Waals surface area contributed by atoms with Gasteiger partial charge in [-0.05, 0) is 43.4 Å². The van der Waals surface area contributed by atoms with Crippen LogP contribution < -0.4 is 5.73 Å². The number of rotatable bonds is 3. The predicted octanol–water partition coefficient (Wildman–Crippen LogP) is 4.55. The van der Waals surface area contributed by atoms with Gasteiger partial charge in [-0.15, -0.1) is 0 Å². The molecule has 0 bridgehead atoms. The summed E-state index contributed by atoms with van der Waals surface area (Å²) in [6.07, 6.45) is 2.35. The van der Waals surface area contributed by atoms with Gasteiger partial charge in [-0.1, -0.05) is 53.6 Å². The van der Waals surface area contributed by atoms with Gasteiger partial charge in [0.25, 0.3) is 0 Å². The van der Waals surface area contributed by atoms with Crippen LogP contribution in [0.2, 0.25) is 0 Å². The number of thioether (sulfide) groups is 1. The van der Waals surface area contributed by atoms with E-state index < -0.39 is 0 Å². The molecule has 3 rings (SSSR count). The van der Waals surface area contributed by atoms with Gasteiger partial charge < -0.3 is 5.73 Å². The van der Waals surface area contributed by atoms with Gasteiger partial charge in [0.2, 0.25) is 0 Å². The summed E-state index contributed by atoms with van der Waals surface area (Å²) < 4.78 is 0. The molecule has 0 fully saturated rings. The van der Waals surface area contributed by atoms with Gasteiger partial charge in [0.05, 0.1) is 0 Å². The smallest absolute Gasteiger partial charge is 0.0418 e. The van der Waals surface area contributed by atoms with Crippen molar-refractivity contribution in [2.24, 2.45) is 5.73 Å². The van der Waals surface area contributed by atoms with E-state index in [4.69, 9.17) is 5.73 Å². The summed E-state index contributed by atoms with van der Waals surface area (Å²) in [4.78, 5) is 0. The number of benzene rings is 2. The van der Waals surface area contributed by atoms with E-state index in [1.54, 1.807) is 0 Å². The third kappa shape index (κ3) is 3.33. The fourth-order valence-electron chi connectivity index (χ4n) is 3.31. The molecule has 0 amide bonds. The number of hydrogen-bond donors (Lipinski definition) is 1. The van der Waals surface area contributed by atoms with Crippen molar-refractivity contribution in [3.8, 4) is 0 Å². The topological polar surface area (TPSA) is 26.0 Å². The molecule has 0 spiro atoms. The van der Waals surface area contributed by atoms with Crippen LogP contribution in [0.5, 0.6) is 0 Å². The Morgan fingerprint density at radius 2 is 1.81 bits per heavy atom. The van der Waals surface area contributed by atoms with Crippen LogP contribution in [0.25, 0.3) is 0 Å². The normalized spacial score (nSPS) is 21.1. The van der Waals surface area contributed by atoms with Crippen LogP contribution in [0.15, 0.2) is 42.5 Å². The molecule has 21 heavy (non-hydrogen) atoms. The Morgan fingerprint density at radius 1 is 1.10 bits per heavy atom. The highest BCUT2D eigenvalue weighted by molar-refractivity contribution is 7.99. The van der Waals surface area contributed by atoms with Crippen LogP contribution in [0, 0.1) is 13.8 Å². The van der Waals surface area contributed by atoms with E-state index >= 15 is 0 Å². The van der Waals surface area contributed by atoms with Crippen LogP contribution in [-0.4, -0.2) is 5.25 Å². The van der Waals surface area contributed by atoms with Gasteiger partial charge in [0.15, 0.2) is 0 Å². The van der Waals surface area contributed by atoms with Crippen LogP contribution >= 0.6 is 11.8 Å². The Balaban J connectivity index is 1.69. The van der Waals surface area contributed by atoms with E-state index in [1.165, 1.54) is 34.2 Å². The highest BCUT2D eigenvalue weighted by Gasteiger charge is 2.26. The molecular formula is C19H23NS. The minimum Gasteiger partial charge on any atom is -0.323 e. The summed E-state index contributed by atoms with van der Waals surface area (Å²) in [6, 6.07) is 15.6. The molecule has 1 aliphatic rings. The second-order valence-electron chi connectivity index (χ2n) is 6.11. The monoisotopic (exact) mass is 297 g/mol. The molecule has 1 nitrogen and oxygen atoms in total. The molecule has 0 aromatic heterocycles. The third-order valence-corrected chi connectivity index (χ3v) is 5.72. The molecule has 0 aliphatic heterocycles. The van der Waals surface area contributed by atoms with E-state index in [2.05, 4.69) is 56.3 Å². The summed E-state index contributed by atoms with van der Waals surface area (Å²) in [6.45, 7) is 4.34. The van der Waals surface area contributed by atoms with E-state index in [1.807, 2.05) is 11.8 Å². The standard InChI is InChI=1S/C19H23NS/c1-13-9-14(2)11-15(10-13)12-21-18-8-7-16-5-3-4-6-17(16)19(18)20/h3-6,9-11,18-19H,7-8,12,20H2,1-2H3. The SMILES string of the molecule is Cc1cc(C)cc(CSC2CCc3ccccc3C2N)c1. The second kappa shape index (κ2) is 6.25. The molecule has 2 atom stereocenters. The first kappa shape index (κ1) is 14.7. The van der Waals surface area contributed by atoms with Crippen molar-refractivity contribution < 1.29 is 0 Å². The Labute approximate surface area is 132 Å². The van der Waals surface area contributed by atoms with Gasteiger partial charge in [0, 0.05) is 17.0 Å². The van der Waals surface area contributed by atoms with Crippen molar-refractivity contribution in [1.29, 1.82) is 0 Å². The minimum absolute atomic E-state index is 0.172. The van der Waals surface area contributed by atoms with E-state index in [9.17, 15) is 0 Å². The molecule has 2 aromatic rings. The molecule has 1 aliphatic carbocycles. The summed E-state index contributed by atoms with van der Waals surface area (Å²) in [5.74, 6) is 1.06. The molecule has 110 valence electrons. The zero-order valence-corrected chi connectivity index (χ0v) is 13.6. The van der Waals surface area contributed by atoms with Gasteiger partial charge in [0.1, 0.15) is 0 Å². The Bertz CT molecular complexity index is 615. The molecule has 0 saturated carbocycles. The van der Waals surface area contributed by atoms with Gasteiger partial charge >= 0.3 is 0 Å². The van der Waals surface area contributed by atoms with Crippen LogP contribution in [0.3, 0.4) is 0 Å². The number of fused-ring (bicyclic) bond motifs is 1. The predicted molar refractivity (Wildman–Crippen MR) is 92.7 cm³/mol. The van der Waals surface area contributed by atoms with Crippen molar-refractivity contribution >= 4 is 11.8 Å². The number of aryl methyl sites for hydroxylation is 3. The Kier molecular flexibility index (Phi) is 4.37. The third-order valence-electron chi connectivity index (χ3n) is 4.26. The zero-order chi connectivity index (χ0) is 14.8. The fourth-order valence-corrected chi connectivity index (χ4v) is 4.52. The summed E-state index contributed by atoms with van der Waals surface area (Å²) in [7, 11) is 0. The van der Waals surface area contributed by atoms with Crippen LogP contribution in [0.4, 0.5) is 0 Å². The maximum atomic E-state index is 6.49. The molecule has 2 aromatic carbocycles. The van der Waals surface area contributed by atoms with Crippen molar-refractivity contribution in [1.82, 2.24) is 0 Å². The second-order valence-corrected chi connectivity index (χ2v) is 7.34. The molecule has 0 heterocycles. The van der Waals surface area contributed by atoms with E-state index in [0.717, 1.165) is 12.2 Å². The van der Waals surface area contributed by atoms with Gasteiger partial charge in [-0.2, -0.15) is 11.8 Å². The average molecular weight is 297 g/mol. The zero-order valence-electron chi connectivity index (χ0n) is 12.8. The first-order chi connectivity index (χ1) is 10.1. The first-order valence-corrected chi connectivity index (χ1v) is 8.70. The summed E-state index contributed by atoms with van der Waals surface area (Å²) in [5.41, 5.74) is 13.4. The average Bonchev–Trinajstić information content (AvgIpc) is 2.46. The quantitative estimate of drug-likeness (QED) is 0.899. The van der Waals surface area contributed by atoms with Crippen molar-refractivity contribution in [2.75, 3.05) is 0 Å². The molecule has 2 N–H and O–H groups in total. The molecule has 0 saturated heterocycles.